The van der Waals surface area contributed by atoms with Crippen molar-refractivity contribution in [2.24, 2.45) is 5.92 Å². The second-order valence-corrected chi connectivity index (χ2v) is 5.73. The van der Waals surface area contributed by atoms with Gasteiger partial charge in [-0.15, -0.1) is 0 Å². The Morgan fingerprint density at radius 3 is 2.67 bits per heavy atom. The highest BCUT2D eigenvalue weighted by molar-refractivity contribution is 5.95. The molecule has 1 aromatic carbocycles. The highest BCUT2D eigenvalue weighted by atomic mass is 16.5. The first-order valence-electron chi connectivity index (χ1n) is 7.91. The minimum atomic E-state index is -0.110. The minimum absolute atomic E-state index is 0.0341. The largest absolute Gasteiger partial charge is 0.495 e. The van der Waals surface area contributed by atoms with Gasteiger partial charge in [0.1, 0.15) is 11.4 Å². The van der Waals surface area contributed by atoms with Gasteiger partial charge in [-0.2, -0.15) is 5.10 Å². The molecule has 0 atom stereocenters. The molecule has 2 heterocycles. The summed E-state index contributed by atoms with van der Waals surface area (Å²) in [6, 6.07) is 8.98. The summed E-state index contributed by atoms with van der Waals surface area (Å²) in [6.07, 6.45) is 2.84. The lowest BCUT2D eigenvalue weighted by atomic mass is 9.95. The third kappa shape index (κ3) is 3.40. The SMILES string of the molecule is COc1ccccc1NC(=O)C1CCN(C(=O)c2ccn[nH]2)CC1. The number of rotatable bonds is 4. The molecule has 2 N–H and O–H groups in total. The fraction of sp³-hybridized carbons (Fsp3) is 0.353. The first-order valence-corrected chi connectivity index (χ1v) is 7.91. The molecule has 2 aromatic rings. The minimum Gasteiger partial charge on any atom is -0.495 e. The lowest BCUT2D eigenvalue weighted by Gasteiger charge is -2.31. The van der Waals surface area contributed by atoms with Crippen LogP contribution in [-0.2, 0) is 4.79 Å². The van der Waals surface area contributed by atoms with Crippen molar-refractivity contribution in [2.75, 3.05) is 25.5 Å². The second-order valence-electron chi connectivity index (χ2n) is 5.73. The summed E-state index contributed by atoms with van der Waals surface area (Å²) in [5.74, 6) is 0.419. The van der Waals surface area contributed by atoms with Crippen molar-refractivity contribution in [1.82, 2.24) is 15.1 Å². The fourth-order valence-electron chi connectivity index (χ4n) is 2.87. The zero-order valence-electron chi connectivity index (χ0n) is 13.5. The number of hydrogen-bond donors (Lipinski definition) is 2. The molecule has 24 heavy (non-hydrogen) atoms. The van der Waals surface area contributed by atoms with E-state index in [1.807, 2.05) is 18.2 Å². The van der Waals surface area contributed by atoms with E-state index in [1.54, 1.807) is 30.3 Å². The second kappa shape index (κ2) is 7.16. The highest BCUT2D eigenvalue weighted by Crippen LogP contribution is 2.26. The summed E-state index contributed by atoms with van der Waals surface area (Å²) < 4.78 is 5.25. The maximum atomic E-state index is 12.5. The molecule has 1 saturated heterocycles. The summed E-state index contributed by atoms with van der Waals surface area (Å²) in [5.41, 5.74) is 1.15. The van der Waals surface area contributed by atoms with Crippen LogP contribution in [-0.4, -0.2) is 47.1 Å². The number of likely N-dealkylation sites (tertiary alicyclic amines) is 1. The number of ether oxygens (including phenoxy) is 1. The van der Waals surface area contributed by atoms with Crippen LogP contribution in [0.4, 0.5) is 5.69 Å². The molecule has 0 bridgehead atoms. The van der Waals surface area contributed by atoms with Crippen LogP contribution in [0.1, 0.15) is 23.3 Å². The normalized spacial score (nSPS) is 15.1. The van der Waals surface area contributed by atoms with E-state index in [-0.39, 0.29) is 17.7 Å². The topological polar surface area (TPSA) is 87.3 Å². The zero-order valence-corrected chi connectivity index (χ0v) is 13.5. The lowest BCUT2D eigenvalue weighted by molar-refractivity contribution is -0.121. The van der Waals surface area contributed by atoms with E-state index in [2.05, 4.69) is 15.5 Å². The first kappa shape index (κ1) is 16.0. The molecule has 1 fully saturated rings. The van der Waals surface area contributed by atoms with Crippen molar-refractivity contribution < 1.29 is 14.3 Å². The monoisotopic (exact) mass is 328 g/mol. The Labute approximate surface area is 140 Å². The zero-order chi connectivity index (χ0) is 16.9. The summed E-state index contributed by atoms with van der Waals surface area (Å²) in [6.45, 7) is 1.11. The Morgan fingerprint density at radius 1 is 1.25 bits per heavy atom. The average Bonchev–Trinajstić information content (AvgIpc) is 3.16. The van der Waals surface area contributed by atoms with Crippen LogP contribution >= 0.6 is 0 Å². The molecule has 2 amide bonds. The molecule has 1 aromatic heterocycles. The van der Waals surface area contributed by atoms with Gasteiger partial charge in [0.2, 0.25) is 5.91 Å². The van der Waals surface area contributed by atoms with Crippen molar-refractivity contribution >= 4 is 17.5 Å². The van der Waals surface area contributed by atoms with E-state index in [4.69, 9.17) is 4.74 Å². The third-order valence-corrected chi connectivity index (χ3v) is 4.25. The number of piperidine rings is 1. The van der Waals surface area contributed by atoms with Crippen LogP contribution in [0.15, 0.2) is 36.5 Å². The number of hydrogen-bond acceptors (Lipinski definition) is 4. The van der Waals surface area contributed by atoms with E-state index >= 15 is 0 Å². The van der Waals surface area contributed by atoms with Gasteiger partial charge in [-0.05, 0) is 31.0 Å². The van der Waals surface area contributed by atoms with Crippen molar-refractivity contribution in [3.05, 3.63) is 42.2 Å². The quantitative estimate of drug-likeness (QED) is 0.897. The number of amides is 2. The van der Waals surface area contributed by atoms with Crippen molar-refractivity contribution in [2.45, 2.75) is 12.8 Å². The van der Waals surface area contributed by atoms with E-state index in [1.165, 1.54) is 0 Å². The smallest absolute Gasteiger partial charge is 0.271 e. The molecule has 0 unspecified atom stereocenters. The van der Waals surface area contributed by atoms with Crippen LogP contribution in [0, 0.1) is 5.92 Å². The molecule has 7 nitrogen and oxygen atoms in total. The third-order valence-electron chi connectivity index (χ3n) is 4.25. The number of carbonyl (C=O) groups is 2. The molecule has 0 aliphatic carbocycles. The van der Waals surface area contributed by atoms with Gasteiger partial charge in [-0.25, -0.2) is 0 Å². The number of anilines is 1. The van der Waals surface area contributed by atoms with Crippen LogP contribution < -0.4 is 10.1 Å². The van der Waals surface area contributed by atoms with Gasteiger partial charge in [0, 0.05) is 25.2 Å². The van der Waals surface area contributed by atoms with E-state index < -0.39 is 0 Å². The van der Waals surface area contributed by atoms with Gasteiger partial charge < -0.3 is 15.0 Å². The van der Waals surface area contributed by atoms with Gasteiger partial charge >= 0.3 is 0 Å². The van der Waals surface area contributed by atoms with Crippen LogP contribution in [0.3, 0.4) is 0 Å². The maximum Gasteiger partial charge on any atom is 0.271 e. The number of para-hydroxylation sites is 2. The Hall–Kier alpha value is -2.83. The number of H-pyrrole nitrogens is 1. The number of carbonyl (C=O) groups excluding carboxylic acids is 2. The van der Waals surface area contributed by atoms with Crippen molar-refractivity contribution in [3.63, 3.8) is 0 Å². The van der Waals surface area contributed by atoms with E-state index in [0.717, 1.165) is 0 Å². The van der Waals surface area contributed by atoms with Gasteiger partial charge in [-0.1, -0.05) is 12.1 Å². The number of methoxy groups -OCH3 is 1. The summed E-state index contributed by atoms with van der Waals surface area (Å²) >= 11 is 0. The number of nitrogens with one attached hydrogen (secondary N) is 2. The van der Waals surface area contributed by atoms with E-state index in [0.29, 0.717) is 43.1 Å². The molecule has 3 rings (SSSR count). The van der Waals surface area contributed by atoms with Crippen LogP contribution in [0.5, 0.6) is 5.75 Å². The number of aromatic amines is 1. The predicted molar refractivity (Wildman–Crippen MR) is 88.8 cm³/mol. The molecule has 0 spiro atoms. The maximum absolute atomic E-state index is 12.5. The first-order chi connectivity index (χ1) is 11.7. The summed E-state index contributed by atoms with van der Waals surface area (Å²) in [5, 5.41) is 9.39. The number of aromatic nitrogens is 2. The summed E-state index contributed by atoms with van der Waals surface area (Å²) in [7, 11) is 1.57. The van der Waals surface area contributed by atoms with Crippen molar-refractivity contribution in [1.29, 1.82) is 0 Å². The molecular weight excluding hydrogens is 308 g/mol. The van der Waals surface area contributed by atoms with Gasteiger partial charge in [-0.3, -0.25) is 14.7 Å². The highest BCUT2D eigenvalue weighted by Gasteiger charge is 2.28. The summed E-state index contributed by atoms with van der Waals surface area (Å²) in [4.78, 5) is 26.5. The van der Waals surface area contributed by atoms with Gasteiger partial charge in [0.05, 0.1) is 12.8 Å². The molecule has 126 valence electrons. The van der Waals surface area contributed by atoms with Crippen molar-refractivity contribution in [3.8, 4) is 5.75 Å². The Kier molecular flexibility index (Phi) is 4.79. The van der Waals surface area contributed by atoms with Gasteiger partial charge in [0.25, 0.3) is 5.91 Å². The molecule has 0 radical (unpaired) electrons. The Morgan fingerprint density at radius 2 is 2.00 bits per heavy atom. The predicted octanol–water partition coefficient (Wildman–Crippen LogP) is 1.91. The fourth-order valence-corrected chi connectivity index (χ4v) is 2.87. The molecule has 7 heteroatoms. The average molecular weight is 328 g/mol. The Balaban J connectivity index is 1.56. The number of nitrogens with zero attached hydrogens (tertiary/aromatic N) is 2. The molecular formula is C17H20N4O3. The molecule has 1 aliphatic heterocycles. The molecule has 0 saturated carbocycles. The van der Waals surface area contributed by atoms with E-state index in [9.17, 15) is 9.59 Å². The number of benzene rings is 1. The van der Waals surface area contributed by atoms with Crippen LogP contribution in [0.2, 0.25) is 0 Å². The standard InChI is InChI=1S/C17H20N4O3/c1-24-15-5-3-2-4-13(15)19-16(22)12-7-10-21(11-8-12)17(23)14-6-9-18-20-14/h2-6,9,12H,7-8,10-11H2,1H3,(H,18,20)(H,19,22). The van der Waals surface area contributed by atoms with Crippen LogP contribution in [0.25, 0.3) is 0 Å². The Bertz CT molecular complexity index is 706. The molecule has 1 aliphatic rings. The lowest BCUT2D eigenvalue weighted by Crippen LogP contribution is -2.41. The van der Waals surface area contributed by atoms with Gasteiger partial charge in [0.15, 0.2) is 0 Å².